The van der Waals surface area contributed by atoms with Gasteiger partial charge in [0.2, 0.25) is 10.9 Å². The highest BCUT2D eigenvalue weighted by Gasteiger charge is 2.11. The molecule has 0 aliphatic rings. The molecule has 0 saturated carbocycles. The summed E-state index contributed by atoms with van der Waals surface area (Å²) < 4.78 is 0.119. The summed E-state index contributed by atoms with van der Waals surface area (Å²) in [5.41, 5.74) is -0.643. The summed E-state index contributed by atoms with van der Waals surface area (Å²) in [5.74, 6) is -1.18. The van der Waals surface area contributed by atoms with E-state index < -0.39 is 16.5 Å². The fraction of sp³-hybridized carbons (Fsp3) is 0.167. The van der Waals surface area contributed by atoms with E-state index in [1.807, 2.05) is 0 Å². The second kappa shape index (κ2) is 4.25. The predicted octanol–water partition coefficient (Wildman–Crippen LogP) is 0.951. The third kappa shape index (κ3) is 1.93. The van der Waals surface area contributed by atoms with Gasteiger partial charge in [-0.25, -0.2) is 0 Å². The van der Waals surface area contributed by atoms with Crippen LogP contribution in [0.2, 0.25) is 0 Å². The number of hydrogen-bond acceptors (Lipinski definition) is 3. The van der Waals surface area contributed by atoms with Crippen molar-refractivity contribution < 1.29 is 9.90 Å². The highest BCUT2D eigenvalue weighted by Crippen LogP contribution is 2.13. The summed E-state index contributed by atoms with van der Waals surface area (Å²) in [6.45, 7) is 0. The largest absolute Gasteiger partial charge is 0.481 e. The lowest BCUT2D eigenvalue weighted by Crippen LogP contribution is -2.07. The van der Waals surface area contributed by atoms with Gasteiger partial charge in [0.15, 0.2) is 0 Å². The first-order chi connectivity index (χ1) is 8.02. The Bertz CT molecular complexity index is 701. The van der Waals surface area contributed by atoms with Crippen molar-refractivity contribution in [3.8, 4) is 0 Å². The fourth-order valence-corrected chi connectivity index (χ4v) is 3.17. The first-order valence-corrected chi connectivity index (χ1v) is 6.72. The van der Waals surface area contributed by atoms with Gasteiger partial charge in [-0.3, -0.25) is 14.4 Å². The van der Waals surface area contributed by atoms with E-state index in [0.29, 0.717) is 10.8 Å². The zero-order chi connectivity index (χ0) is 12.6. The number of carboxylic acids is 1. The van der Waals surface area contributed by atoms with E-state index in [0.717, 1.165) is 0 Å². The maximum atomic E-state index is 12.0. The maximum Gasteiger partial charge on any atom is 0.312 e. The number of hydrogen-bond donors (Lipinski definition) is 1. The molecule has 1 N–H and O–H groups in total. The van der Waals surface area contributed by atoms with Crippen LogP contribution in [-0.4, -0.2) is 23.1 Å². The Kier molecular flexibility index (Phi) is 2.93. The van der Waals surface area contributed by atoms with E-state index in [4.69, 9.17) is 5.11 Å². The van der Waals surface area contributed by atoms with Gasteiger partial charge in [-0.15, -0.1) is 0 Å². The van der Waals surface area contributed by atoms with Crippen LogP contribution in [0.25, 0.3) is 10.8 Å². The van der Waals surface area contributed by atoms with Crippen LogP contribution < -0.4 is 10.9 Å². The van der Waals surface area contributed by atoms with Crippen molar-refractivity contribution in [3.05, 3.63) is 49.2 Å². The van der Waals surface area contributed by atoms with Gasteiger partial charge < -0.3 is 5.11 Å². The van der Waals surface area contributed by atoms with E-state index in [9.17, 15) is 14.4 Å². The SMILES string of the molecule is C[S@](CC(=O)O)=c1c(=O)c2ccccc2c1=O. The van der Waals surface area contributed by atoms with Gasteiger partial charge in [-0.2, -0.15) is 10.5 Å². The molecule has 0 aliphatic heterocycles. The van der Waals surface area contributed by atoms with E-state index in [1.54, 1.807) is 30.5 Å². The van der Waals surface area contributed by atoms with Gasteiger partial charge in [0.25, 0.3) is 0 Å². The Morgan fingerprint density at radius 3 is 2.06 bits per heavy atom. The molecule has 88 valence electrons. The molecule has 0 spiro atoms. The molecule has 0 bridgehead atoms. The minimum Gasteiger partial charge on any atom is -0.481 e. The number of carbonyl (C=O) groups is 1. The van der Waals surface area contributed by atoms with Crippen LogP contribution in [0, 0.1) is 4.51 Å². The van der Waals surface area contributed by atoms with Gasteiger partial charge in [-0.1, -0.05) is 24.3 Å². The molecule has 0 amide bonds. The monoisotopic (exact) mass is 250 g/mol. The molecule has 0 aliphatic carbocycles. The van der Waals surface area contributed by atoms with Gasteiger partial charge in [0.05, 0.1) is 10.3 Å². The van der Waals surface area contributed by atoms with Crippen LogP contribution in [0.1, 0.15) is 0 Å². The predicted molar refractivity (Wildman–Crippen MR) is 68.1 cm³/mol. The number of benzene rings is 1. The molecule has 0 fully saturated rings. The minimum absolute atomic E-state index is 0.119. The molecule has 0 saturated heterocycles. The number of carboxylic acid groups (broad SMARTS) is 1. The van der Waals surface area contributed by atoms with Crippen molar-refractivity contribution in [1.29, 1.82) is 0 Å². The number of aliphatic carboxylic acids is 1. The lowest BCUT2D eigenvalue weighted by atomic mass is 10.2. The smallest absolute Gasteiger partial charge is 0.312 e. The molecular formula is C12H10O4S. The van der Waals surface area contributed by atoms with E-state index in [1.165, 1.54) is 0 Å². The molecule has 1 atom stereocenters. The van der Waals surface area contributed by atoms with Crippen LogP contribution in [-0.2, 0) is 4.79 Å². The van der Waals surface area contributed by atoms with Crippen molar-refractivity contribution in [2.75, 3.05) is 12.0 Å². The molecule has 0 aromatic heterocycles. The zero-order valence-electron chi connectivity index (χ0n) is 9.10. The summed E-state index contributed by atoms with van der Waals surface area (Å²) in [6.07, 6.45) is 1.62. The van der Waals surface area contributed by atoms with Crippen LogP contribution in [0.5, 0.6) is 0 Å². The van der Waals surface area contributed by atoms with Crippen LogP contribution >= 0.6 is 10.5 Å². The average molecular weight is 250 g/mol. The summed E-state index contributed by atoms with van der Waals surface area (Å²) in [7, 11) is -0.844. The second-order valence-electron chi connectivity index (χ2n) is 3.71. The Hall–Kier alpha value is -1.75. The summed E-state index contributed by atoms with van der Waals surface area (Å²) in [6, 6.07) is 6.58. The van der Waals surface area contributed by atoms with Crippen LogP contribution in [0.4, 0.5) is 0 Å². The molecule has 4 nitrogen and oxygen atoms in total. The zero-order valence-corrected chi connectivity index (χ0v) is 9.91. The topological polar surface area (TPSA) is 71.4 Å². The highest BCUT2D eigenvalue weighted by molar-refractivity contribution is 8.09. The highest BCUT2D eigenvalue weighted by atomic mass is 32.2. The second-order valence-corrected chi connectivity index (χ2v) is 5.68. The molecule has 0 unspecified atom stereocenters. The Labute approximate surface area is 98.8 Å². The minimum atomic E-state index is -1.00. The first-order valence-electron chi connectivity index (χ1n) is 4.92. The van der Waals surface area contributed by atoms with Crippen molar-refractivity contribution in [3.63, 3.8) is 0 Å². The van der Waals surface area contributed by atoms with Gasteiger partial charge in [0.1, 0.15) is 0 Å². The fourth-order valence-electron chi connectivity index (χ4n) is 1.80. The third-order valence-corrected chi connectivity index (χ3v) is 4.26. The Morgan fingerprint density at radius 1 is 1.18 bits per heavy atom. The lowest BCUT2D eigenvalue weighted by molar-refractivity contribution is -0.133. The molecule has 0 heterocycles. The quantitative estimate of drug-likeness (QED) is 0.805. The Balaban J connectivity index is 2.93. The van der Waals surface area contributed by atoms with E-state index >= 15 is 0 Å². The average Bonchev–Trinajstić information content (AvgIpc) is 2.51. The van der Waals surface area contributed by atoms with Crippen molar-refractivity contribution >= 4 is 27.2 Å². The van der Waals surface area contributed by atoms with Crippen molar-refractivity contribution in [2.24, 2.45) is 0 Å². The molecule has 0 radical (unpaired) electrons. The van der Waals surface area contributed by atoms with Gasteiger partial charge >= 0.3 is 5.97 Å². The summed E-state index contributed by atoms with van der Waals surface area (Å²) >= 11 is 0. The standard InChI is InChI=1S/C12H10O4S/c1-17(6-9(13)14)12-10(15)7-4-2-3-5-8(7)11(12)16/h2-5H,6H2,1H3,(H,13,14)/t17-/m1/s1. The summed E-state index contributed by atoms with van der Waals surface area (Å²) in [5, 5.41) is 9.48. The summed E-state index contributed by atoms with van der Waals surface area (Å²) in [4.78, 5) is 34.6. The molecule has 17 heavy (non-hydrogen) atoms. The molecular weight excluding hydrogens is 240 g/mol. The number of fused-ring (bicyclic) bond motifs is 1. The first kappa shape index (κ1) is 11.7. The van der Waals surface area contributed by atoms with Gasteiger partial charge in [0, 0.05) is 10.8 Å². The normalized spacial score (nSPS) is 12.8. The maximum absolute atomic E-state index is 12.0. The number of rotatable bonds is 2. The van der Waals surface area contributed by atoms with Crippen LogP contribution in [0.3, 0.4) is 0 Å². The van der Waals surface area contributed by atoms with E-state index in [-0.39, 0.29) is 21.1 Å². The lowest BCUT2D eigenvalue weighted by Gasteiger charge is -1.93. The van der Waals surface area contributed by atoms with E-state index in [2.05, 4.69) is 0 Å². The van der Waals surface area contributed by atoms with Gasteiger partial charge in [-0.05, 0) is 6.26 Å². The van der Waals surface area contributed by atoms with Crippen molar-refractivity contribution in [1.82, 2.24) is 0 Å². The van der Waals surface area contributed by atoms with Crippen molar-refractivity contribution in [2.45, 2.75) is 0 Å². The molecule has 5 heteroatoms. The third-order valence-electron chi connectivity index (χ3n) is 2.52. The van der Waals surface area contributed by atoms with Crippen LogP contribution in [0.15, 0.2) is 33.9 Å². The molecule has 2 aromatic carbocycles. The molecule has 2 rings (SSSR count). The molecule has 2 aromatic rings. The Morgan fingerprint density at radius 2 is 1.65 bits per heavy atom.